The van der Waals surface area contributed by atoms with E-state index in [1.807, 2.05) is 24.3 Å². The van der Waals surface area contributed by atoms with Gasteiger partial charge in [-0.05, 0) is 49.6 Å². The Morgan fingerprint density at radius 1 is 1.06 bits per heavy atom. The summed E-state index contributed by atoms with van der Waals surface area (Å²) < 4.78 is 5.44. The van der Waals surface area contributed by atoms with Crippen molar-refractivity contribution in [2.45, 2.75) is 19.3 Å². The molecule has 0 bridgehead atoms. The third-order valence-corrected chi connectivity index (χ3v) is 6.58. The Kier molecular flexibility index (Phi) is 7.55. The maximum absolute atomic E-state index is 13.2. The Hall–Kier alpha value is -3.43. The van der Waals surface area contributed by atoms with Crippen LogP contribution >= 0.6 is 0 Å². The van der Waals surface area contributed by atoms with E-state index in [4.69, 9.17) is 4.74 Å². The first-order valence-electron chi connectivity index (χ1n) is 12.5. The summed E-state index contributed by atoms with van der Waals surface area (Å²) in [4.78, 5) is 22.5. The minimum atomic E-state index is -0.221. The molecule has 0 spiro atoms. The highest BCUT2D eigenvalue weighted by Crippen LogP contribution is 2.32. The van der Waals surface area contributed by atoms with Crippen molar-refractivity contribution in [1.29, 1.82) is 0 Å². The van der Waals surface area contributed by atoms with Gasteiger partial charge in [0.2, 0.25) is 0 Å². The van der Waals surface area contributed by atoms with Gasteiger partial charge in [0.05, 0.1) is 36.5 Å². The van der Waals surface area contributed by atoms with E-state index in [-0.39, 0.29) is 5.91 Å². The molecule has 1 amide bonds. The molecule has 0 aliphatic carbocycles. The monoisotopic (exact) mass is 475 g/mol. The molecule has 2 saturated heterocycles. The number of morpholine rings is 1. The van der Waals surface area contributed by atoms with Crippen LogP contribution in [0, 0.1) is 0 Å². The fourth-order valence-corrected chi connectivity index (χ4v) is 4.63. The quantitative estimate of drug-likeness (QED) is 0.459. The topological polar surface area (TPSA) is 98.4 Å². The van der Waals surface area contributed by atoms with Crippen LogP contribution in [0.1, 0.15) is 29.8 Å². The molecule has 184 valence electrons. The fourth-order valence-electron chi connectivity index (χ4n) is 4.63. The van der Waals surface area contributed by atoms with Gasteiger partial charge in [0.1, 0.15) is 5.69 Å². The SMILES string of the molecule is O=C(Nc1ccc(NCCN2CCOCC2)cc1N1CCCCC1)c1cccc(-c2cn[nH]c2)n1. The lowest BCUT2D eigenvalue weighted by Crippen LogP contribution is -2.39. The third-order valence-electron chi connectivity index (χ3n) is 6.58. The second-order valence-corrected chi connectivity index (χ2v) is 9.01. The van der Waals surface area contributed by atoms with Gasteiger partial charge in [0.25, 0.3) is 5.91 Å². The number of carbonyl (C=O) groups excluding carboxylic acids is 1. The first kappa shape index (κ1) is 23.3. The Morgan fingerprint density at radius 2 is 1.91 bits per heavy atom. The largest absolute Gasteiger partial charge is 0.384 e. The summed E-state index contributed by atoms with van der Waals surface area (Å²) in [6, 6.07) is 11.7. The second-order valence-electron chi connectivity index (χ2n) is 9.01. The first-order chi connectivity index (χ1) is 17.3. The van der Waals surface area contributed by atoms with Gasteiger partial charge < -0.3 is 20.3 Å². The molecule has 4 heterocycles. The van der Waals surface area contributed by atoms with Crippen molar-refractivity contribution in [1.82, 2.24) is 20.1 Å². The van der Waals surface area contributed by atoms with Crippen molar-refractivity contribution in [3.05, 3.63) is 54.5 Å². The van der Waals surface area contributed by atoms with Gasteiger partial charge in [-0.15, -0.1) is 0 Å². The smallest absolute Gasteiger partial charge is 0.274 e. The average molecular weight is 476 g/mol. The van der Waals surface area contributed by atoms with E-state index in [9.17, 15) is 4.79 Å². The van der Waals surface area contributed by atoms with Crippen molar-refractivity contribution in [2.75, 3.05) is 68.0 Å². The molecule has 0 saturated carbocycles. The van der Waals surface area contributed by atoms with Crippen LogP contribution in [0.3, 0.4) is 0 Å². The number of anilines is 3. The molecule has 9 nitrogen and oxygen atoms in total. The standard InChI is InChI=1S/C26H33N7O2/c34-26(24-6-4-5-22(30-24)20-18-28-29-19-20)31-23-8-7-21(17-25(23)33-10-2-1-3-11-33)27-9-12-32-13-15-35-16-14-32/h4-8,17-19,27H,1-3,9-16H2,(H,28,29)(H,31,34). The highest BCUT2D eigenvalue weighted by Gasteiger charge is 2.18. The number of amides is 1. The number of rotatable bonds is 8. The number of pyridine rings is 1. The van der Waals surface area contributed by atoms with Crippen LogP contribution < -0.4 is 15.5 Å². The summed E-state index contributed by atoms with van der Waals surface area (Å²) >= 11 is 0. The number of aromatic nitrogens is 3. The number of nitrogens with one attached hydrogen (secondary N) is 3. The summed E-state index contributed by atoms with van der Waals surface area (Å²) in [7, 11) is 0. The lowest BCUT2D eigenvalue weighted by atomic mass is 10.1. The number of aromatic amines is 1. The number of hydrogen-bond donors (Lipinski definition) is 3. The van der Waals surface area contributed by atoms with E-state index in [0.29, 0.717) is 11.4 Å². The van der Waals surface area contributed by atoms with Crippen molar-refractivity contribution in [3.63, 3.8) is 0 Å². The zero-order valence-electron chi connectivity index (χ0n) is 20.0. The normalized spacial score (nSPS) is 16.7. The molecule has 1 aromatic carbocycles. The second kappa shape index (κ2) is 11.3. The van der Waals surface area contributed by atoms with Crippen LogP contribution in [0.25, 0.3) is 11.3 Å². The summed E-state index contributed by atoms with van der Waals surface area (Å²) in [6.45, 7) is 7.45. The molecule has 3 N–H and O–H groups in total. The van der Waals surface area contributed by atoms with Crippen molar-refractivity contribution in [3.8, 4) is 11.3 Å². The average Bonchev–Trinajstić information content (AvgIpc) is 3.46. The molecule has 2 aliphatic rings. The van der Waals surface area contributed by atoms with Gasteiger partial charge in [-0.25, -0.2) is 4.98 Å². The molecular formula is C26H33N7O2. The minimum Gasteiger partial charge on any atom is -0.384 e. The zero-order valence-corrected chi connectivity index (χ0v) is 20.0. The van der Waals surface area contributed by atoms with Gasteiger partial charge in [-0.2, -0.15) is 5.10 Å². The van der Waals surface area contributed by atoms with E-state index < -0.39 is 0 Å². The van der Waals surface area contributed by atoms with Crippen molar-refractivity contribution < 1.29 is 9.53 Å². The highest BCUT2D eigenvalue weighted by atomic mass is 16.5. The molecule has 3 aromatic rings. The number of nitrogens with zero attached hydrogens (tertiary/aromatic N) is 4. The number of H-pyrrole nitrogens is 1. The number of benzene rings is 1. The van der Waals surface area contributed by atoms with Gasteiger partial charge in [-0.3, -0.25) is 14.8 Å². The molecule has 2 aromatic heterocycles. The molecule has 0 unspecified atom stereocenters. The summed E-state index contributed by atoms with van der Waals surface area (Å²) in [5.41, 5.74) is 4.87. The van der Waals surface area contributed by atoms with E-state index in [1.54, 1.807) is 18.5 Å². The van der Waals surface area contributed by atoms with E-state index in [2.05, 4.69) is 41.7 Å². The maximum atomic E-state index is 13.2. The molecule has 35 heavy (non-hydrogen) atoms. The van der Waals surface area contributed by atoms with Crippen molar-refractivity contribution in [2.24, 2.45) is 0 Å². The number of ether oxygens (including phenoxy) is 1. The Balaban J connectivity index is 1.30. The highest BCUT2D eigenvalue weighted by molar-refractivity contribution is 6.05. The lowest BCUT2D eigenvalue weighted by Gasteiger charge is -2.31. The van der Waals surface area contributed by atoms with Crippen LogP contribution in [0.5, 0.6) is 0 Å². The number of piperidine rings is 1. The summed E-state index contributed by atoms with van der Waals surface area (Å²) in [5.74, 6) is -0.221. The molecule has 2 aliphatic heterocycles. The molecule has 5 rings (SSSR count). The summed E-state index contributed by atoms with van der Waals surface area (Å²) in [6.07, 6.45) is 7.04. The molecule has 9 heteroatoms. The molecule has 2 fully saturated rings. The Labute approximate surface area is 205 Å². The van der Waals surface area contributed by atoms with Crippen LogP contribution in [0.15, 0.2) is 48.8 Å². The maximum Gasteiger partial charge on any atom is 0.274 e. The van der Waals surface area contributed by atoms with Gasteiger partial charge in [-0.1, -0.05) is 6.07 Å². The van der Waals surface area contributed by atoms with E-state index >= 15 is 0 Å². The Bertz CT molecular complexity index is 1110. The zero-order chi connectivity index (χ0) is 23.9. The van der Waals surface area contributed by atoms with Gasteiger partial charge >= 0.3 is 0 Å². The van der Waals surface area contributed by atoms with Gasteiger partial charge in [0.15, 0.2) is 0 Å². The third kappa shape index (κ3) is 5.98. The van der Waals surface area contributed by atoms with Crippen molar-refractivity contribution >= 4 is 23.0 Å². The molecule has 0 atom stereocenters. The van der Waals surface area contributed by atoms with Crippen LogP contribution in [-0.4, -0.2) is 78.5 Å². The van der Waals surface area contributed by atoms with Gasteiger partial charge in [0, 0.05) is 56.7 Å². The van der Waals surface area contributed by atoms with E-state index in [1.165, 1.54) is 6.42 Å². The van der Waals surface area contributed by atoms with Crippen LogP contribution in [0.4, 0.5) is 17.1 Å². The summed E-state index contributed by atoms with van der Waals surface area (Å²) in [5, 5.41) is 13.4. The first-order valence-corrected chi connectivity index (χ1v) is 12.5. The minimum absolute atomic E-state index is 0.221. The predicted octanol–water partition coefficient (Wildman–Crippen LogP) is 3.46. The fraction of sp³-hybridized carbons (Fsp3) is 0.423. The number of carbonyl (C=O) groups is 1. The Morgan fingerprint density at radius 3 is 2.71 bits per heavy atom. The lowest BCUT2D eigenvalue weighted by molar-refractivity contribution is 0.0398. The van der Waals surface area contributed by atoms with Crippen LogP contribution in [0.2, 0.25) is 0 Å². The van der Waals surface area contributed by atoms with Crippen LogP contribution in [-0.2, 0) is 4.74 Å². The molecular weight excluding hydrogens is 442 g/mol. The number of hydrogen-bond acceptors (Lipinski definition) is 7. The van der Waals surface area contributed by atoms with E-state index in [0.717, 1.165) is 87.9 Å². The molecule has 0 radical (unpaired) electrons. The predicted molar refractivity (Wildman–Crippen MR) is 138 cm³/mol.